The van der Waals surface area contributed by atoms with Gasteiger partial charge in [0.15, 0.2) is 0 Å². The van der Waals surface area contributed by atoms with Crippen LogP contribution < -0.4 is 10.2 Å². The minimum atomic E-state index is -0.327. The Kier molecular flexibility index (Phi) is 4.83. The Labute approximate surface area is 148 Å². The number of anilines is 1. The van der Waals surface area contributed by atoms with E-state index in [0.717, 1.165) is 22.4 Å². The highest BCUT2D eigenvalue weighted by molar-refractivity contribution is 6.01. The van der Waals surface area contributed by atoms with Crippen LogP contribution in [0.25, 0.3) is 0 Å². The molecule has 25 heavy (non-hydrogen) atoms. The monoisotopic (exact) mass is 337 g/mol. The summed E-state index contributed by atoms with van der Waals surface area (Å²) in [5.41, 5.74) is 4.08. The van der Waals surface area contributed by atoms with Crippen molar-refractivity contribution < 1.29 is 9.59 Å². The molecule has 3 rings (SSSR count). The molecule has 0 aliphatic carbocycles. The normalized spacial score (nSPS) is 18.3. The molecular weight excluding hydrogens is 314 g/mol. The van der Waals surface area contributed by atoms with Crippen LogP contribution in [0, 0.1) is 19.8 Å². The van der Waals surface area contributed by atoms with Crippen LogP contribution in [-0.2, 0) is 9.59 Å². The highest BCUT2D eigenvalue weighted by Gasteiger charge is 2.36. The van der Waals surface area contributed by atoms with Crippen LogP contribution in [0.15, 0.2) is 42.7 Å². The molecule has 5 heteroatoms. The van der Waals surface area contributed by atoms with Crippen molar-refractivity contribution in [3.05, 3.63) is 59.4 Å². The van der Waals surface area contributed by atoms with E-state index in [2.05, 4.69) is 10.3 Å². The van der Waals surface area contributed by atoms with Crippen molar-refractivity contribution in [2.45, 2.75) is 33.2 Å². The lowest BCUT2D eigenvalue weighted by Gasteiger charge is -2.21. The summed E-state index contributed by atoms with van der Waals surface area (Å²) >= 11 is 0. The predicted molar refractivity (Wildman–Crippen MR) is 97.2 cm³/mol. The first-order chi connectivity index (χ1) is 12.0. The van der Waals surface area contributed by atoms with Gasteiger partial charge in [-0.2, -0.15) is 0 Å². The fourth-order valence-electron chi connectivity index (χ4n) is 3.19. The number of hydrogen-bond acceptors (Lipinski definition) is 3. The predicted octanol–water partition coefficient (Wildman–Crippen LogP) is 2.93. The Bertz CT molecular complexity index is 789. The summed E-state index contributed by atoms with van der Waals surface area (Å²) in [4.78, 5) is 30.9. The molecule has 1 aliphatic rings. The summed E-state index contributed by atoms with van der Waals surface area (Å²) in [7, 11) is 0. The van der Waals surface area contributed by atoms with Gasteiger partial charge in [-0.1, -0.05) is 18.2 Å². The van der Waals surface area contributed by atoms with Gasteiger partial charge in [0.05, 0.1) is 12.0 Å². The lowest BCUT2D eigenvalue weighted by molar-refractivity contribution is -0.126. The third-order valence-corrected chi connectivity index (χ3v) is 4.91. The Morgan fingerprint density at radius 1 is 1.28 bits per heavy atom. The maximum absolute atomic E-state index is 12.6. The molecule has 1 fully saturated rings. The minimum Gasteiger partial charge on any atom is -0.349 e. The molecule has 2 unspecified atom stereocenters. The van der Waals surface area contributed by atoms with Gasteiger partial charge in [0.2, 0.25) is 11.8 Å². The number of nitrogens with zero attached hydrogens (tertiary/aromatic N) is 2. The zero-order valence-electron chi connectivity index (χ0n) is 14.8. The molecule has 130 valence electrons. The van der Waals surface area contributed by atoms with Gasteiger partial charge in [-0.3, -0.25) is 14.6 Å². The number of aromatic nitrogens is 1. The first-order valence-electron chi connectivity index (χ1n) is 8.54. The van der Waals surface area contributed by atoms with Gasteiger partial charge in [-0.15, -0.1) is 0 Å². The number of aryl methyl sites for hydroxylation is 1. The van der Waals surface area contributed by atoms with E-state index in [1.165, 1.54) is 0 Å². The van der Waals surface area contributed by atoms with E-state index < -0.39 is 0 Å². The number of carbonyl (C=O) groups excluding carboxylic acids is 2. The molecule has 0 spiro atoms. The zero-order valence-corrected chi connectivity index (χ0v) is 14.8. The number of rotatable bonds is 4. The summed E-state index contributed by atoms with van der Waals surface area (Å²) in [5.74, 6) is -0.410. The van der Waals surface area contributed by atoms with Crippen LogP contribution in [0.4, 0.5) is 5.69 Å². The minimum absolute atomic E-state index is 0.00267. The highest BCUT2D eigenvalue weighted by Crippen LogP contribution is 2.29. The highest BCUT2D eigenvalue weighted by atomic mass is 16.2. The summed E-state index contributed by atoms with van der Waals surface area (Å²) in [6.07, 6.45) is 3.70. The second kappa shape index (κ2) is 7.05. The van der Waals surface area contributed by atoms with E-state index in [9.17, 15) is 9.59 Å². The molecule has 2 heterocycles. The van der Waals surface area contributed by atoms with Crippen LogP contribution in [-0.4, -0.2) is 23.3 Å². The number of hydrogen-bond donors (Lipinski definition) is 1. The number of benzene rings is 1. The van der Waals surface area contributed by atoms with Crippen molar-refractivity contribution in [2.24, 2.45) is 5.92 Å². The number of amides is 2. The standard InChI is InChI=1S/C20H23N3O2/c1-13-6-4-8-18(14(13)2)23-12-17(10-19(23)24)20(25)22-15(3)16-7-5-9-21-11-16/h4-9,11,15,17H,10,12H2,1-3H3,(H,22,25). The first kappa shape index (κ1) is 17.1. The van der Waals surface area contributed by atoms with Crippen molar-refractivity contribution in [1.82, 2.24) is 10.3 Å². The van der Waals surface area contributed by atoms with Crippen molar-refractivity contribution in [3.8, 4) is 0 Å². The van der Waals surface area contributed by atoms with Crippen LogP contribution in [0.3, 0.4) is 0 Å². The topological polar surface area (TPSA) is 62.3 Å². The molecule has 0 radical (unpaired) electrons. The average molecular weight is 337 g/mol. The van der Waals surface area contributed by atoms with Crippen molar-refractivity contribution in [2.75, 3.05) is 11.4 Å². The van der Waals surface area contributed by atoms with Gasteiger partial charge >= 0.3 is 0 Å². The van der Waals surface area contributed by atoms with Gasteiger partial charge in [0.25, 0.3) is 0 Å². The second-order valence-electron chi connectivity index (χ2n) is 6.64. The van der Waals surface area contributed by atoms with Crippen molar-refractivity contribution >= 4 is 17.5 Å². The van der Waals surface area contributed by atoms with Crippen molar-refractivity contribution in [1.29, 1.82) is 0 Å². The molecular formula is C20H23N3O2. The fourth-order valence-corrected chi connectivity index (χ4v) is 3.19. The van der Waals surface area contributed by atoms with E-state index in [1.807, 2.05) is 51.1 Å². The van der Waals surface area contributed by atoms with Crippen LogP contribution in [0.5, 0.6) is 0 Å². The SMILES string of the molecule is Cc1cccc(N2CC(C(=O)NC(C)c3cccnc3)CC2=O)c1C. The van der Waals surface area contributed by atoms with E-state index in [0.29, 0.717) is 6.54 Å². The van der Waals surface area contributed by atoms with Gasteiger partial charge < -0.3 is 10.2 Å². The summed E-state index contributed by atoms with van der Waals surface area (Å²) < 4.78 is 0. The number of carbonyl (C=O) groups is 2. The summed E-state index contributed by atoms with van der Waals surface area (Å²) in [5, 5.41) is 3.00. The molecule has 1 aliphatic heterocycles. The van der Waals surface area contributed by atoms with Crippen LogP contribution in [0.1, 0.15) is 36.1 Å². The van der Waals surface area contributed by atoms with E-state index in [-0.39, 0.29) is 30.2 Å². The molecule has 2 amide bonds. The Morgan fingerprint density at radius 3 is 2.80 bits per heavy atom. The van der Waals surface area contributed by atoms with E-state index in [1.54, 1.807) is 17.3 Å². The molecule has 1 aromatic heterocycles. The number of pyridine rings is 1. The Morgan fingerprint density at radius 2 is 2.08 bits per heavy atom. The Balaban J connectivity index is 1.70. The molecule has 5 nitrogen and oxygen atoms in total. The average Bonchev–Trinajstić information content (AvgIpc) is 3.00. The summed E-state index contributed by atoms with van der Waals surface area (Å²) in [6, 6.07) is 9.56. The number of nitrogens with one attached hydrogen (secondary N) is 1. The fraction of sp³-hybridized carbons (Fsp3) is 0.350. The summed E-state index contributed by atoms with van der Waals surface area (Å²) in [6.45, 7) is 6.39. The third-order valence-electron chi connectivity index (χ3n) is 4.91. The molecule has 0 saturated carbocycles. The van der Waals surface area contributed by atoms with E-state index >= 15 is 0 Å². The molecule has 1 aromatic carbocycles. The first-order valence-corrected chi connectivity index (χ1v) is 8.54. The molecule has 1 saturated heterocycles. The molecule has 0 bridgehead atoms. The van der Waals surface area contributed by atoms with Crippen molar-refractivity contribution in [3.63, 3.8) is 0 Å². The largest absolute Gasteiger partial charge is 0.349 e. The molecule has 1 N–H and O–H groups in total. The van der Waals surface area contributed by atoms with Gasteiger partial charge in [-0.05, 0) is 49.6 Å². The van der Waals surface area contributed by atoms with Crippen LogP contribution >= 0.6 is 0 Å². The smallest absolute Gasteiger partial charge is 0.227 e. The maximum atomic E-state index is 12.6. The maximum Gasteiger partial charge on any atom is 0.227 e. The zero-order chi connectivity index (χ0) is 18.0. The third kappa shape index (κ3) is 3.55. The van der Waals surface area contributed by atoms with Crippen LogP contribution in [0.2, 0.25) is 0 Å². The lowest BCUT2D eigenvalue weighted by Crippen LogP contribution is -2.34. The Hall–Kier alpha value is -2.69. The van der Waals surface area contributed by atoms with Gasteiger partial charge in [0.1, 0.15) is 0 Å². The molecule has 2 atom stereocenters. The second-order valence-corrected chi connectivity index (χ2v) is 6.64. The van der Waals surface area contributed by atoms with Gasteiger partial charge in [0, 0.05) is 31.0 Å². The molecule has 2 aromatic rings. The quantitative estimate of drug-likeness (QED) is 0.933. The van der Waals surface area contributed by atoms with Gasteiger partial charge in [-0.25, -0.2) is 0 Å². The lowest BCUT2D eigenvalue weighted by atomic mass is 10.1. The van der Waals surface area contributed by atoms with E-state index in [4.69, 9.17) is 0 Å².